The molecule has 1 fully saturated rings. The summed E-state index contributed by atoms with van der Waals surface area (Å²) in [5.74, 6) is 0. The minimum Gasteiger partial charge on any atom is -0.390 e. The molecule has 21 heavy (non-hydrogen) atoms. The zero-order valence-corrected chi connectivity index (χ0v) is 12.5. The molecule has 1 aliphatic rings. The molecule has 0 saturated carbocycles. The first-order valence-electron chi connectivity index (χ1n) is 7.23. The monoisotopic (exact) mass is 306 g/mol. The van der Waals surface area contributed by atoms with Crippen LogP contribution < -0.4 is 0 Å². The van der Waals surface area contributed by atoms with Crippen LogP contribution in [0.15, 0.2) is 36.7 Å². The van der Waals surface area contributed by atoms with Crippen molar-refractivity contribution in [2.75, 3.05) is 19.6 Å². The van der Waals surface area contributed by atoms with E-state index in [1.165, 1.54) is 5.56 Å². The maximum atomic E-state index is 10.1. The van der Waals surface area contributed by atoms with Crippen LogP contribution >= 0.6 is 11.6 Å². The van der Waals surface area contributed by atoms with E-state index in [0.29, 0.717) is 6.54 Å². The second-order valence-electron chi connectivity index (χ2n) is 5.51. The first kappa shape index (κ1) is 14.5. The van der Waals surface area contributed by atoms with Crippen LogP contribution in [0.4, 0.5) is 0 Å². The van der Waals surface area contributed by atoms with E-state index < -0.39 is 0 Å². The van der Waals surface area contributed by atoms with E-state index in [2.05, 4.69) is 27.3 Å². The number of nitrogens with zero attached hydrogens (tertiary/aromatic N) is 4. The molecule has 2 atom stereocenters. The molecular weight excluding hydrogens is 288 g/mol. The minimum absolute atomic E-state index is 0.0167. The molecule has 1 N–H and O–H groups in total. The Labute approximate surface area is 129 Å². The average molecular weight is 307 g/mol. The maximum Gasteiger partial charge on any atom is 0.0934 e. The van der Waals surface area contributed by atoms with Crippen molar-refractivity contribution in [3.8, 4) is 0 Å². The lowest BCUT2D eigenvalue weighted by atomic mass is 10.1. The van der Waals surface area contributed by atoms with Crippen LogP contribution in [0.1, 0.15) is 18.0 Å². The summed E-state index contributed by atoms with van der Waals surface area (Å²) in [6.07, 6.45) is 5.18. The molecule has 1 aromatic heterocycles. The van der Waals surface area contributed by atoms with Gasteiger partial charge in [-0.05, 0) is 37.1 Å². The molecule has 0 amide bonds. The molecule has 0 unspecified atom stereocenters. The van der Waals surface area contributed by atoms with Crippen molar-refractivity contribution in [1.82, 2.24) is 19.9 Å². The fraction of sp³-hybridized carbons (Fsp3) is 0.467. The molecule has 5 nitrogen and oxygen atoms in total. The van der Waals surface area contributed by atoms with Gasteiger partial charge in [-0.25, -0.2) is 4.68 Å². The number of likely N-dealkylation sites (tertiary alicyclic amines) is 1. The normalized spacial score (nSPS) is 22.8. The second-order valence-corrected chi connectivity index (χ2v) is 5.94. The van der Waals surface area contributed by atoms with Gasteiger partial charge in [-0.2, -0.15) is 0 Å². The van der Waals surface area contributed by atoms with E-state index >= 15 is 0 Å². The molecule has 1 aliphatic heterocycles. The highest BCUT2D eigenvalue weighted by Gasteiger charge is 2.32. The molecule has 112 valence electrons. The first-order valence-corrected chi connectivity index (χ1v) is 7.61. The molecule has 1 aromatic carbocycles. The predicted molar refractivity (Wildman–Crippen MR) is 81.3 cm³/mol. The number of aliphatic hydroxyl groups excluding tert-OH is 1. The molecule has 2 aromatic rings. The van der Waals surface area contributed by atoms with Gasteiger partial charge in [0.25, 0.3) is 0 Å². The van der Waals surface area contributed by atoms with Gasteiger partial charge in [-0.1, -0.05) is 28.9 Å². The van der Waals surface area contributed by atoms with E-state index in [1.54, 1.807) is 10.9 Å². The molecule has 2 heterocycles. The summed E-state index contributed by atoms with van der Waals surface area (Å²) in [7, 11) is 0. The van der Waals surface area contributed by atoms with E-state index in [1.807, 2.05) is 18.3 Å². The quantitative estimate of drug-likeness (QED) is 0.915. The van der Waals surface area contributed by atoms with Gasteiger partial charge in [0.05, 0.1) is 18.3 Å². The van der Waals surface area contributed by atoms with Gasteiger partial charge in [0, 0.05) is 24.3 Å². The number of halogens is 1. The molecule has 0 radical (unpaired) electrons. The number of hydrogen-bond acceptors (Lipinski definition) is 4. The van der Waals surface area contributed by atoms with Crippen LogP contribution in [-0.4, -0.2) is 50.7 Å². The van der Waals surface area contributed by atoms with Gasteiger partial charge in [-0.15, -0.1) is 5.10 Å². The van der Waals surface area contributed by atoms with Crippen LogP contribution in [0, 0.1) is 0 Å². The van der Waals surface area contributed by atoms with E-state index in [-0.39, 0.29) is 12.1 Å². The smallest absolute Gasteiger partial charge is 0.0934 e. The third-order valence-corrected chi connectivity index (χ3v) is 4.22. The van der Waals surface area contributed by atoms with Gasteiger partial charge in [0.15, 0.2) is 0 Å². The van der Waals surface area contributed by atoms with E-state index in [4.69, 9.17) is 11.6 Å². The Morgan fingerprint density at radius 1 is 1.24 bits per heavy atom. The van der Waals surface area contributed by atoms with Crippen LogP contribution in [0.3, 0.4) is 0 Å². The standard InChI is InChI=1S/C15H19ClN4O/c16-13-5-3-12(4-6-13)2-1-8-19-10-14(15(21)11-19)20-9-7-17-18-20/h3-7,9,14-15,21H,1-2,8,10-11H2/t14-,15-/m1/s1. The van der Waals surface area contributed by atoms with Gasteiger partial charge < -0.3 is 5.11 Å². The minimum atomic E-state index is -0.373. The number of aryl methyl sites for hydroxylation is 1. The Hall–Kier alpha value is -1.43. The summed E-state index contributed by atoms with van der Waals surface area (Å²) >= 11 is 5.88. The third-order valence-electron chi connectivity index (χ3n) is 3.97. The van der Waals surface area contributed by atoms with E-state index in [9.17, 15) is 5.11 Å². The number of benzene rings is 1. The first-order chi connectivity index (χ1) is 10.2. The molecule has 0 spiro atoms. The maximum absolute atomic E-state index is 10.1. The lowest BCUT2D eigenvalue weighted by molar-refractivity contribution is 0.138. The highest BCUT2D eigenvalue weighted by atomic mass is 35.5. The largest absolute Gasteiger partial charge is 0.390 e. The predicted octanol–water partition coefficient (Wildman–Crippen LogP) is 1.78. The highest BCUT2D eigenvalue weighted by Crippen LogP contribution is 2.21. The topological polar surface area (TPSA) is 54.2 Å². The second kappa shape index (κ2) is 6.56. The van der Waals surface area contributed by atoms with Gasteiger partial charge in [0.2, 0.25) is 0 Å². The van der Waals surface area contributed by atoms with Crippen molar-refractivity contribution in [3.63, 3.8) is 0 Å². The zero-order valence-electron chi connectivity index (χ0n) is 11.8. The van der Waals surface area contributed by atoms with Crippen LogP contribution in [-0.2, 0) is 6.42 Å². The van der Waals surface area contributed by atoms with Crippen molar-refractivity contribution in [1.29, 1.82) is 0 Å². The molecular formula is C15H19ClN4O. The Morgan fingerprint density at radius 2 is 2.05 bits per heavy atom. The Morgan fingerprint density at radius 3 is 2.76 bits per heavy atom. The molecule has 0 bridgehead atoms. The van der Waals surface area contributed by atoms with Gasteiger partial charge in [0.1, 0.15) is 0 Å². The number of hydrogen-bond donors (Lipinski definition) is 1. The molecule has 1 saturated heterocycles. The summed E-state index contributed by atoms with van der Waals surface area (Å²) in [5, 5.41) is 18.7. The Kier molecular flexibility index (Phi) is 4.53. The van der Waals surface area contributed by atoms with Crippen molar-refractivity contribution >= 4 is 11.6 Å². The fourth-order valence-electron chi connectivity index (χ4n) is 2.84. The van der Waals surface area contributed by atoms with Crippen LogP contribution in [0.2, 0.25) is 5.02 Å². The summed E-state index contributed by atoms with van der Waals surface area (Å²) in [4.78, 5) is 2.28. The molecule has 3 rings (SSSR count). The van der Waals surface area contributed by atoms with Crippen LogP contribution in [0.5, 0.6) is 0 Å². The third kappa shape index (κ3) is 3.61. The molecule has 6 heteroatoms. The lowest BCUT2D eigenvalue weighted by Crippen LogP contribution is -2.23. The van der Waals surface area contributed by atoms with Crippen molar-refractivity contribution < 1.29 is 5.11 Å². The summed E-state index contributed by atoms with van der Waals surface area (Å²) in [5.41, 5.74) is 1.30. The fourth-order valence-corrected chi connectivity index (χ4v) is 2.97. The number of aromatic nitrogens is 3. The number of β-amino-alcohol motifs (C(OH)–C–C–N with tert-alkyl or cyclic N) is 1. The van der Waals surface area contributed by atoms with Crippen molar-refractivity contribution in [2.24, 2.45) is 0 Å². The Balaban J connectivity index is 1.47. The summed E-state index contributed by atoms with van der Waals surface area (Å²) < 4.78 is 1.75. The SMILES string of the molecule is O[C@@H]1CN(CCCc2ccc(Cl)cc2)C[C@H]1n1ccnn1. The zero-order chi connectivity index (χ0) is 14.7. The summed E-state index contributed by atoms with van der Waals surface area (Å²) in [6.45, 7) is 2.50. The van der Waals surface area contributed by atoms with Crippen molar-refractivity contribution in [2.45, 2.75) is 25.0 Å². The van der Waals surface area contributed by atoms with E-state index in [0.717, 1.165) is 31.0 Å². The van der Waals surface area contributed by atoms with Gasteiger partial charge >= 0.3 is 0 Å². The Bertz CT molecular complexity index is 558. The van der Waals surface area contributed by atoms with Gasteiger partial charge in [-0.3, -0.25) is 4.90 Å². The van der Waals surface area contributed by atoms with Crippen molar-refractivity contribution in [3.05, 3.63) is 47.2 Å². The number of rotatable bonds is 5. The lowest BCUT2D eigenvalue weighted by Gasteiger charge is -2.15. The van der Waals surface area contributed by atoms with Crippen LogP contribution in [0.25, 0.3) is 0 Å². The molecule has 0 aliphatic carbocycles. The number of aliphatic hydroxyl groups is 1. The summed E-state index contributed by atoms with van der Waals surface area (Å²) in [6, 6.07) is 8.01. The average Bonchev–Trinajstić information content (AvgIpc) is 3.10. The highest BCUT2D eigenvalue weighted by molar-refractivity contribution is 6.30.